The zero-order valence-corrected chi connectivity index (χ0v) is 11.8. The van der Waals surface area contributed by atoms with Crippen molar-refractivity contribution in [3.8, 4) is 0 Å². The summed E-state index contributed by atoms with van der Waals surface area (Å²) in [6.07, 6.45) is 1.84. The first kappa shape index (κ1) is 13.1. The van der Waals surface area contributed by atoms with E-state index in [0.29, 0.717) is 0 Å². The molecule has 0 aliphatic rings. The third kappa shape index (κ3) is 2.98. The summed E-state index contributed by atoms with van der Waals surface area (Å²) in [6, 6.07) is 18.2. The molecule has 0 saturated heterocycles. The first-order chi connectivity index (χ1) is 9.83. The summed E-state index contributed by atoms with van der Waals surface area (Å²) in [5, 5.41) is 5.39. The molecule has 3 heteroatoms. The van der Waals surface area contributed by atoms with E-state index in [2.05, 4.69) is 40.6 Å². The fourth-order valence-corrected chi connectivity index (χ4v) is 2.51. The van der Waals surface area contributed by atoms with Crippen molar-refractivity contribution >= 4 is 22.5 Å². The van der Waals surface area contributed by atoms with Crippen LogP contribution in [-0.4, -0.2) is 4.98 Å². The number of benzene rings is 2. The van der Waals surface area contributed by atoms with E-state index in [1.165, 1.54) is 16.5 Å². The van der Waals surface area contributed by atoms with Crippen LogP contribution in [0.3, 0.4) is 0 Å². The van der Waals surface area contributed by atoms with Crippen LogP contribution in [0.2, 0.25) is 5.02 Å². The first-order valence-electron chi connectivity index (χ1n) is 6.61. The number of para-hydroxylation sites is 1. The van der Waals surface area contributed by atoms with Crippen LogP contribution in [0.5, 0.6) is 0 Å². The zero-order chi connectivity index (χ0) is 13.8. The molecule has 0 unspecified atom stereocenters. The van der Waals surface area contributed by atoms with E-state index in [1.54, 1.807) is 0 Å². The molecule has 0 amide bonds. The van der Waals surface area contributed by atoms with Gasteiger partial charge < -0.3 is 5.32 Å². The number of fused-ring (bicyclic) bond motifs is 1. The van der Waals surface area contributed by atoms with Gasteiger partial charge in [0.2, 0.25) is 0 Å². The molecule has 0 aliphatic carbocycles. The van der Waals surface area contributed by atoms with Crippen LogP contribution in [0.15, 0.2) is 60.8 Å². The lowest BCUT2D eigenvalue weighted by Crippen LogP contribution is -2.13. The Labute approximate surface area is 123 Å². The third-order valence-electron chi connectivity index (χ3n) is 3.25. The minimum Gasteiger partial charge on any atom is -0.309 e. The number of hydrogen-bond acceptors (Lipinski definition) is 2. The van der Waals surface area contributed by atoms with Crippen molar-refractivity contribution in [2.24, 2.45) is 0 Å². The summed E-state index contributed by atoms with van der Waals surface area (Å²) in [5.74, 6) is 0. The largest absolute Gasteiger partial charge is 0.309 e. The van der Waals surface area contributed by atoms with E-state index in [1.807, 2.05) is 30.5 Å². The van der Waals surface area contributed by atoms with Gasteiger partial charge in [0, 0.05) is 29.7 Å². The molecule has 0 radical (unpaired) electrons. The number of pyridine rings is 1. The van der Waals surface area contributed by atoms with E-state index in [-0.39, 0.29) is 0 Å². The van der Waals surface area contributed by atoms with Gasteiger partial charge in [0.05, 0.1) is 5.52 Å². The maximum absolute atomic E-state index is 5.98. The molecular formula is C17H15ClN2. The number of aromatic nitrogens is 1. The van der Waals surface area contributed by atoms with E-state index < -0.39 is 0 Å². The summed E-state index contributed by atoms with van der Waals surface area (Å²) in [5.41, 5.74) is 3.46. The summed E-state index contributed by atoms with van der Waals surface area (Å²) < 4.78 is 0. The molecule has 2 aromatic carbocycles. The van der Waals surface area contributed by atoms with Gasteiger partial charge in [0.1, 0.15) is 0 Å². The SMILES string of the molecule is Clc1cccc(CNCc2cccc3cccnc23)c1. The number of nitrogens with one attached hydrogen (secondary N) is 1. The van der Waals surface area contributed by atoms with Crippen molar-refractivity contribution in [2.75, 3.05) is 0 Å². The Bertz CT molecular complexity index is 720. The van der Waals surface area contributed by atoms with Crippen LogP contribution in [0.4, 0.5) is 0 Å². The molecular weight excluding hydrogens is 268 g/mol. The van der Waals surface area contributed by atoms with Crippen molar-refractivity contribution < 1.29 is 0 Å². The monoisotopic (exact) mass is 282 g/mol. The van der Waals surface area contributed by atoms with Crippen molar-refractivity contribution in [2.45, 2.75) is 13.1 Å². The topological polar surface area (TPSA) is 24.9 Å². The summed E-state index contributed by atoms with van der Waals surface area (Å²) in [4.78, 5) is 4.46. The minimum atomic E-state index is 0.774. The van der Waals surface area contributed by atoms with Gasteiger partial charge in [-0.25, -0.2) is 0 Å². The Balaban J connectivity index is 1.71. The second-order valence-corrected chi connectivity index (χ2v) is 5.16. The van der Waals surface area contributed by atoms with Gasteiger partial charge in [0.15, 0.2) is 0 Å². The molecule has 100 valence electrons. The smallest absolute Gasteiger partial charge is 0.0746 e. The van der Waals surface area contributed by atoms with Gasteiger partial charge in [-0.2, -0.15) is 0 Å². The van der Waals surface area contributed by atoms with E-state index in [4.69, 9.17) is 11.6 Å². The van der Waals surface area contributed by atoms with E-state index in [0.717, 1.165) is 23.6 Å². The average molecular weight is 283 g/mol. The molecule has 1 N–H and O–H groups in total. The molecule has 0 spiro atoms. The highest BCUT2D eigenvalue weighted by molar-refractivity contribution is 6.30. The second-order valence-electron chi connectivity index (χ2n) is 4.73. The molecule has 1 aromatic heterocycles. The lowest BCUT2D eigenvalue weighted by atomic mass is 10.1. The van der Waals surface area contributed by atoms with Gasteiger partial charge in [-0.05, 0) is 29.3 Å². The van der Waals surface area contributed by atoms with E-state index >= 15 is 0 Å². The molecule has 0 aliphatic heterocycles. The Hall–Kier alpha value is -1.90. The quantitative estimate of drug-likeness (QED) is 0.776. The fourth-order valence-electron chi connectivity index (χ4n) is 2.30. The number of halogens is 1. The lowest BCUT2D eigenvalue weighted by Gasteiger charge is -2.08. The van der Waals surface area contributed by atoms with Crippen LogP contribution in [0.25, 0.3) is 10.9 Å². The summed E-state index contributed by atoms with van der Waals surface area (Å²) in [7, 11) is 0. The predicted octanol–water partition coefficient (Wildman–Crippen LogP) is 4.18. The predicted molar refractivity (Wildman–Crippen MR) is 83.7 cm³/mol. The summed E-state index contributed by atoms with van der Waals surface area (Å²) >= 11 is 5.98. The highest BCUT2D eigenvalue weighted by atomic mass is 35.5. The highest BCUT2D eigenvalue weighted by Crippen LogP contribution is 2.16. The molecule has 1 heterocycles. The van der Waals surface area contributed by atoms with E-state index in [9.17, 15) is 0 Å². The fraction of sp³-hybridized carbons (Fsp3) is 0.118. The Morgan fingerprint density at radius 2 is 1.80 bits per heavy atom. The molecule has 3 aromatic rings. The molecule has 0 saturated carbocycles. The molecule has 2 nitrogen and oxygen atoms in total. The van der Waals surface area contributed by atoms with Crippen LogP contribution in [0.1, 0.15) is 11.1 Å². The molecule has 0 bridgehead atoms. The summed E-state index contributed by atoms with van der Waals surface area (Å²) in [6.45, 7) is 1.59. The van der Waals surface area contributed by atoms with Crippen molar-refractivity contribution in [3.05, 3.63) is 76.9 Å². The average Bonchev–Trinajstić information content (AvgIpc) is 2.48. The zero-order valence-electron chi connectivity index (χ0n) is 11.0. The molecule has 20 heavy (non-hydrogen) atoms. The Morgan fingerprint density at radius 1 is 0.950 bits per heavy atom. The van der Waals surface area contributed by atoms with Crippen molar-refractivity contribution in [1.82, 2.24) is 10.3 Å². The normalized spacial score (nSPS) is 10.8. The standard InChI is InChI=1S/C17H15ClN2/c18-16-8-1-4-13(10-16)11-19-12-15-6-2-5-14-7-3-9-20-17(14)15/h1-10,19H,11-12H2. The van der Waals surface area contributed by atoms with Gasteiger partial charge in [-0.15, -0.1) is 0 Å². The Morgan fingerprint density at radius 3 is 2.70 bits per heavy atom. The maximum atomic E-state index is 5.98. The third-order valence-corrected chi connectivity index (χ3v) is 3.48. The van der Waals surface area contributed by atoms with Gasteiger partial charge in [0.25, 0.3) is 0 Å². The van der Waals surface area contributed by atoms with Gasteiger partial charge >= 0.3 is 0 Å². The van der Waals surface area contributed by atoms with Gasteiger partial charge in [-0.1, -0.05) is 48.0 Å². The molecule has 3 rings (SSSR count). The minimum absolute atomic E-state index is 0.774. The van der Waals surface area contributed by atoms with Crippen LogP contribution in [-0.2, 0) is 13.1 Å². The second kappa shape index (κ2) is 6.04. The van der Waals surface area contributed by atoms with Crippen LogP contribution < -0.4 is 5.32 Å². The number of rotatable bonds is 4. The Kier molecular flexibility index (Phi) is 3.95. The highest BCUT2D eigenvalue weighted by Gasteiger charge is 2.01. The molecule has 0 fully saturated rings. The first-order valence-corrected chi connectivity index (χ1v) is 6.98. The van der Waals surface area contributed by atoms with Crippen molar-refractivity contribution in [1.29, 1.82) is 0 Å². The van der Waals surface area contributed by atoms with Gasteiger partial charge in [-0.3, -0.25) is 4.98 Å². The lowest BCUT2D eigenvalue weighted by molar-refractivity contribution is 0.696. The number of hydrogen-bond donors (Lipinski definition) is 1. The van der Waals surface area contributed by atoms with Crippen molar-refractivity contribution in [3.63, 3.8) is 0 Å². The number of nitrogens with zero attached hydrogens (tertiary/aromatic N) is 1. The van der Waals surface area contributed by atoms with Crippen LogP contribution >= 0.6 is 11.6 Å². The molecule has 0 atom stereocenters. The van der Waals surface area contributed by atoms with Crippen LogP contribution in [0, 0.1) is 0 Å². The maximum Gasteiger partial charge on any atom is 0.0746 e.